The van der Waals surface area contributed by atoms with Crippen LogP contribution in [0.3, 0.4) is 0 Å². The van der Waals surface area contributed by atoms with E-state index < -0.39 is 12.0 Å². The first-order chi connectivity index (χ1) is 19.0. The van der Waals surface area contributed by atoms with Crippen molar-refractivity contribution in [2.75, 3.05) is 45.3 Å². The van der Waals surface area contributed by atoms with Crippen molar-refractivity contribution in [2.24, 2.45) is 0 Å². The van der Waals surface area contributed by atoms with Crippen LogP contribution in [-0.4, -0.2) is 57.1 Å². The number of aryl methyl sites for hydroxylation is 1. The number of carbonyl (C=O) groups excluding carboxylic acids is 2. The minimum atomic E-state index is -0.518. The zero-order valence-corrected chi connectivity index (χ0v) is 23.2. The van der Waals surface area contributed by atoms with Crippen LogP contribution >= 0.6 is 0 Å². The number of nitrogens with one attached hydrogen (secondary N) is 1. The molecule has 7 nitrogen and oxygen atoms in total. The maximum atomic E-state index is 13.9. The second-order valence-electron chi connectivity index (χ2n) is 10.2. The van der Waals surface area contributed by atoms with E-state index in [1.807, 2.05) is 41.3 Å². The minimum Gasteiger partial charge on any atom is -0.493 e. The average molecular weight is 528 g/mol. The van der Waals surface area contributed by atoms with Crippen molar-refractivity contribution in [3.63, 3.8) is 0 Å². The number of rotatable bonds is 9. The van der Waals surface area contributed by atoms with Gasteiger partial charge in [0.2, 0.25) is 5.91 Å². The van der Waals surface area contributed by atoms with Crippen LogP contribution in [0.25, 0.3) is 0 Å². The van der Waals surface area contributed by atoms with Gasteiger partial charge in [0.15, 0.2) is 11.5 Å². The van der Waals surface area contributed by atoms with Crippen LogP contribution in [-0.2, 0) is 11.2 Å². The van der Waals surface area contributed by atoms with Gasteiger partial charge in [-0.15, -0.1) is 0 Å². The van der Waals surface area contributed by atoms with Crippen molar-refractivity contribution in [3.05, 3.63) is 88.5 Å². The highest BCUT2D eigenvalue weighted by atomic mass is 16.5. The molecule has 0 bridgehead atoms. The van der Waals surface area contributed by atoms with Crippen LogP contribution in [0, 0.1) is 6.92 Å². The molecule has 2 aliphatic heterocycles. The van der Waals surface area contributed by atoms with Gasteiger partial charge in [-0.05, 0) is 79.3 Å². The van der Waals surface area contributed by atoms with E-state index in [2.05, 4.69) is 48.3 Å². The van der Waals surface area contributed by atoms with Gasteiger partial charge in [-0.25, -0.2) is 0 Å². The minimum absolute atomic E-state index is 0.0307. The number of amides is 2. The Morgan fingerprint density at radius 3 is 2.54 bits per heavy atom. The summed E-state index contributed by atoms with van der Waals surface area (Å²) < 4.78 is 11.1. The Morgan fingerprint density at radius 1 is 1.03 bits per heavy atom. The number of benzene rings is 3. The largest absolute Gasteiger partial charge is 0.493 e. The van der Waals surface area contributed by atoms with E-state index in [4.69, 9.17) is 9.47 Å². The smallest absolute Gasteiger partial charge is 0.254 e. The van der Waals surface area contributed by atoms with Gasteiger partial charge in [-0.2, -0.15) is 0 Å². The highest BCUT2D eigenvalue weighted by molar-refractivity contribution is 6.01. The van der Waals surface area contributed by atoms with E-state index in [0.717, 1.165) is 36.2 Å². The van der Waals surface area contributed by atoms with Crippen LogP contribution < -0.4 is 19.7 Å². The zero-order valence-electron chi connectivity index (χ0n) is 23.2. The van der Waals surface area contributed by atoms with Crippen molar-refractivity contribution in [1.82, 2.24) is 10.2 Å². The number of ether oxygens (including phenoxy) is 2. The van der Waals surface area contributed by atoms with E-state index in [1.165, 1.54) is 11.3 Å². The molecule has 2 aliphatic rings. The molecule has 0 unspecified atom stereocenters. The first-order valence-corrected chi connectivity index (χ1v) is 13.7. The summed E-state index contributed by atoms with van der Waals surface area (Å²) in [4.78, 5) is 31.7. The Hall–Kier alpha value is -4.00. The number of hydrogen-bond donors (Lipinski definition) is 1. The number of fused-ring (bicyclic) bond motifs is 4. The van der Waals surface area contributed by atoms with Crippen molar-refractivity contribution < 1.29 is 19.1 Å². The van der Waals surface area contributed by atoms with E-state index in [1.54, 1.807) is 14.2 Å². The Kier molecular flexibility index (Phi) is 7.77. The third-order valence-corrected chi connectivity index (χ3v) is 7.96. The summed E-state index contributed by atoms with van der Waals surface area (Å²) >= 11 is 0. The number of anilines is 1. The second-order valence-corrected chi connectivity index (χ2v) is 10.2. The van der Waals surface area contributed by atoms with Crippen LogP contribution in [0.2, 0.25) is 0 Å². The van der Waals surface area contributed by atoms with Crippen LogP contribution in [0.15, 0.2) is 60.7 Å². The number of nitrogens with zero attached hydrogens (tertiary/aromatic N) is 2. The maximum Gasteiger partial charge on any atom is 0.254 e. The summed E-state index contributed by atoms with van der Waals surface area (Å²) in [5.41, 5.74) is 5.83. The monoisotopic (exact) mass is 527 g/mol. The standard InChI is InChI=1S/C32H37N3O4/c1-5-34(23-11-8-10-21(2)18-23)16-9-15-33-31(36)29-24-12-6-7-13-25(24)32(37)35-17-14-22-19-27(38-3)28(39-4)20-26(22)30(29)35/h6-8,10-13,18-20,29-30H,5,9,14-17H2,1-4H3,(H,33,36)/t29-,30+/m1/s1. The summed E-state index contributed by atoms with van der Waals surface area (Å²) in [7, 11) is 3.22. The first-order valence-electron chi connectivity index (χ1n) is 13.7. The predicted molar refractivity (Wildman–Crippen MR) is 153 cm³/mol. The SMILES string of the molecule is CCN(CCCNC(=O)[C@@H]1c2ccccc2C(=O)N2CCc3cc(OC)c(OC)cc3[C@@H]12)c1cccc(C)c1. The third kappa shape index (κ3) is 5.05. The second kappa shape index (κ2) is 11.4. The Labute approximate surface area is 230 Å². The van der Waals surface area contributed by atoms with Gasteiger partial charge in [0.1, 0.15) is 0 Å². The normalized spacial score (nSPS) is 17.5. The lowest BCUT2D eigenvalue weighted by molar-refractivity contribution is -0.124. The average Bonchev–Trinajstić information content (AvgIpc) is 2.96. The molecular weight excluding hydrogens is 490 g/mol. The van der Waals surface area contributed by atoms with Crippen molar-refractivity contribution in [3.8, 4) is 11.5 Å². The van der Waals surface area contributed by atoms with Gasteiger partial charge in [0, 0.05) is 37.4 Å². The van der Waals surface area contributed by atoms with Crippen LogP contribution in [0.5, 0.6) is 11.5 Å². The van der Waals surface area contributed by atoms with Gasteiger partial charge in [0.05, 0.1) is 26.2 Å². The molecule has 2 amide bonds. The summed E-state index contributed by atoms with van der Waals surface area (Å²) in [5, 5.41) is 3.21. The van der Waals surface area contributed by atoms with Crippen molar-refractivity contribution in [1.29, 1.82) is 0 Å². The lowest BCUT2D eigenvalue weighted by Gasteiger charge is -2.45. The Bertz CT molecular complexity index is 1370. The summed E-state index contributed by atoms with van der Waals surface area (Å²) in [6.07, 6.45) is 1.51. The number of methoxy groups -OCH3 is 2. The quantitative estimate of drug-likeness (QED) is 0.402. The van der Waals surface area contributed by atoms with E-state index in [0.29, 0.717) is 36.6 Å². The topological polar surface area (TPSA) is 71.1 Å². The molecule has 39 heavy (non-hydrogen) atoms. The number of carbonyl (C=O) groups is 2. The lowest BCUT2D eigenvalue weighted by atomic mass is 9.75. The molecule has 0 spiro atoms. The third-order valence-electron chi connectivity index (χ3n) is 7.96. The Morgan fingerprint density at radius 2 is 1.79 bits per heavy atom. The molecule has 3 aromatic carbocycles. The predicted octanol–water partition coefficient (Wildman–Crippen LogP) is 4.88. The fourth-order valence-electron chi connectivity index (χ4n) is 6.02. The molecule has 0 aromatic heterocycles. The molecule has 3 aromatic rings. The van der Waals surface area contributed by atoms with Gasteiger partial charge < -0.3 is 24.6 Å². The van der Waals surface area contributed by atoms with Gasteiger partial charge in [-0.3, -0.25) is 9.59 Å². The molecule has 7 heteroatoms. The lowest BCUT2D eigenvalue weighted by Crippen LogP contribution is -2.50. The zero-order chi connectivity index (χ0) is 27.5. The molecule has 0 radical (unpaired) electrons. The van der Waals surface area contributed by atoms with Crippen LogP contribution in [0.1, 0.15) is 57.9 Å². The van der Waals surface area contributed by atoms with Crippen molar-refractivity contribution >= 4 is 17.5 Å². The highest BCUT2D eigenvalue weighted by Crippen LogP contribution is 2.48. The van der Waals surface area contributed by atoms with Gasteiger partial charge >= 0.3 is 0 Å². The van der Waals surface area contributed by atoms with Crippen LogP contribution in [0.4, 0.5) is 5.69 Å². The van der Waals surface area contributed by atoms with E-state index in [9.17, 15) is 9.59 Å². The van der Waals surface area contributed by atoms with Gasteiger partial charge in [-0.1, -0.05) is 30.3 Å². The molecule has 204 valence electrons. The molecule has 0 aliphatic carbocycles. The summed E-state index contributed by atoms with van der Waals surface area (Å²) in [6, 6.07) is 19.5. The first kappa shape index (κ1) is 26.6. The Balaban J connectivity index is 1.40. The van der Waals surface area contributed by atoms with E-state index >= 15 is 0 Å². The van der Waals surface area contributed by atoms with E-state index in [-0.39, 0.29) is 11.8 Å². The maximum absolute atomic E-state index is 13.9. The molecular formula is C32H37N3O4. The number of hydrogen-bond acceptors (Lipinski definition) is 5. The molecule has 0 saturated heterocycles. The molecule has 5 rings (SSSR count). The van der Waals surface area contributed by atoms with Crippen molar-refractivity contribution in [2.45, 2.75) is 38.6 Å². The molecule has 0 fully saturated rings. The molecule has 0 saturated carbocycles. The molecule has 2 atom stereocenters. The highest BCUT2D eigenvalue weighted by Gasteiger charge is 2.46. The fourth-order valence-corrected chi connectivity index (χ4v) is 6.02. The molecule has 2 heterocycles. The van der Waals surface area contributed by atoms with Gasteiger partial charge in [0.25, 0.3) is 5.91 Å². The summed E-state index contributed by atoms with van der Waals surface area (Å²) in [5.74, 6) is 0.639. The summed E-state index contributed by atoms with van der Waals surface area (Å²) in [6.45, 7) is 7.09. The molecule has 1 N–H and O–H groups in total. The fraction of sp³-hybridized carbons (Fsp3) is 0.375.